The number of phenolic OH excluding ortho intramolecular Hbond substituents is 1. The number of nitro benzene ring substituents is 1. The average molecular weight is 459 g/mol. The van der Waals surface area contributed by atoms with E-state index >= 15 is 0 Å². The van der Waals surface area contributed by atoms with Crippen molar-refractivity contribution in [2.75, 3.05) is 19.7 Å². The van der Waals surface area contributed by atoms with Gasteiger partial charge in [-0.25, -0.2) is 4.79 Å². The molecule has 0 aliphatic heterocycles. The molecule has 0 heterocycles. The van der Waals surface area contributed by atoms with Crippen molar-refractivity contribution in [1.29, 1.82) is 0 Å². The summed E-state index contributed by atoms with van der Waals surface area (Å²) in [4.78, 5) is 23.2. The second-order valence-electron chi connectivity index (χ2n) is 10.2. The highest BCUT2D eigenvalue weighted by Gasteiger charge is 2.27. The molecule has 33 heavy (non-hydrogen) atoms. The van der Waals surface area contributed by atoms with Crippen LogP contribution in [0.15, 0.2) is 36.4 Å². The lowest BCUT2D eigenvalue weighted by atomic mass is 9.79. The molecule has 180 valence electrons. The number of non-ortho nitro benzene ring substituents is 1. The van der Waals surface area contributed by atoms with E-state index in [4.69, 9.17) is 4.74 Å². The van der Waals surface area contributed by atoms with Crippen molar-refractivity contribution in [3.63, 3.8) is 0 Å². The summed E-state index contributed by atoms with van der Waals surface area (Å²) in [5.41, 5.74) is 1.79. The van der Waals surface area contributed by atoms with Crippen molar-refractivity contribution in [2.45, 2.75) is 58.8 Å². The van der Waals surface area contributed by atoms with Crippen LogP contribution in [-0.2, 0) is 17.3 Å². The van der Waals surface area contributed by atoms with Gasteiger partial charge in [-0.1, -0.05) is 53.7 Å². The Bertz CT molecular complexity index is 952. The van der Waals surface area contributed by atoms with E-state index in [2.05, 4.69) is 0 Å². The van der Waals surface area contributed by atoms with Crippen LogP contribution < -0.4 is 4.74 Å². The summed E-state index contributed by atoms with van der Waals surface area (Å²) in [6.07, 6.45) is -0.622. The molecule has 0 radical (unpaired) electrons. The van der Waals surface area contributed by atoms with Gasteiger partial charge in [0.25, 0.3) is 5.69 Å². The Hall–Kier alpha value is -3.29. The van der Waals surface area contributed by atoms with Crippen molar-refractivity contribution in [2.24, 2.45) is 0 Å². The molecule has 0 fully saturated rings. The number of ether oxygens (including phenoxy) is 1. The molecule has 0 aliphatic rings. The minimum absolute atomic E-state index is 0.000362. The first-order valence-corrected chi connectivity index (χ1v) is 10.9. The lowest BCUT2D eigenvalue weighted by molar-refractivity contribution is -0.384. The molecule has 0 unspecified atom stereocenters. The predicted molar refractivity (Wildman–Crippen MR) is 127 cm³/mol. The number of nitro groups is 1. The van der Waals surface area contributed by atoms with Crippen LogP contribution in [0.1, 0.15) is 58.2 Å². The summed E-state index contributed by atoms with van der Waals surface area (Å²) in [5.74, 6) is 0.848. The molecule has 1 amide bonds. The van der Waals surface area contributed by atoms with Crippen LogP contribution in [0.25, 0.3) is 0 Å². The average Bonchev–Trinajstić information content (AvgIpc) is 2.69. The zero-order valence-electron chi connectivity index (χ0n) is 20.2. The number of carbonyl (C=O) groups is 1. The van der Waals surface area contributed by atoms with E-state index in [9.17, 15) is 25.1 Å². The fourth-order valence-corrected chi connectivity index (χ4v) is 3.46. The third-order valence-electron chi connectivity index (χ3n) is 5.42. The second-order valence-corrected chi connectivity index (χ2v) is 10.2. The summed E-state index contributed by atoms with van der Waals surface area (Å²) < 4.78 is 5.92. The molecule has 0 saturated carbocycles. The molecule has 0 aliphatic carbocycles. The Morgan fingerprint density at radius 1 is 1.00 bits per heavy atom. The molecule has 0 bridgehead atoms. The standard InChI is InChI=1S/C25H34N2O6/c1-24(2,3)20-15-19(16-21(22(20)28)25(4,5)6)33-14-13-26(23(29)30)12-11-17-7-9-18(10-8-17)27(31)32/h7-10,15-16,28H,11-14H2,1-6H3,(H,29,30). The molecule has 0 atom stereocenters. The number of hydrogen-bond donors (Lipinski definition) is 2. The Morgan fingerprint density at radius 2 is 1.52 bits per heavy atom. The van der Waals surface area contributed by atoms with Crippen molar-refractivity contribution in [1.82, 2.24) is 4.90 Å². The Kier molecular flexibility index (Phi) is 7.95. The molecule has 8 nitrogen and oxygen atoms in total. The molecule has 2 rings (SSSR count). The van der Waals surface area contributed by atoms with Crippen LogP contribution in [0.4, 0.5) is 10.5 Å². The van der Waals surface area contributed by atoms with E-state index in [0.29, 0.717) is 12.2 Å². The van der Waals surface area contributed by atoms with Gasteiger partial charge in [-0.05, 0) is 34.9 Å². The van der Waals surface area contributed by atoms with Gasteiger partial charge in [0.15, 0.2) is 0 Å². The number of benzene rings is 2. The normalized spacial score (nSPS) is 11.8. The highest BCUT2D eigenvalue weighted by Crippen LogP contribution is 2.41. The largest absolute Gasteiger partial charge is 0.507 e. The van der Waals surface area contributed by atoms with Gasteiger partial charge in [0, 0.05) is 29.8 Å². The van der Waals surface area contributed by atoms with Crippen molar-refractivity contribution >= 4 is 11.8 Å². The molecular weight excluding hydrogens is 424 g/mol. The fourth-order valence-electron chi connectivity index (χ4n) is 3.46. The van der Waals surface area contributed by atoms with E-state index in [1.807, 2.05) is 53.7 Å². The van der Waals surface area contributed by atoms with Gasteiger partial charge in [-0.3, -0.25) is 10.1 Å². The monoisotopic (exact) mass is 458 g/mol. The van der Waals surface area contributed by atoms with Crippen LogP contribution in [0.5, 0.6) is 11.5 Å². The first-order valence-electron chi connectivity index (χ1n) is 10.9. The predicted octanol–water partition coefficient (Wildman–Crippen LogP) is 5.50. The molecule has 2 aromatic carbocycles. The number of rotatable bonds is 8. The molecule has 0 spiro atoms. The zero-order chi connectivity index (χ0) is 25.0. The summed E-state index contributed by atoms with van der Waals surface area (Å²) in [6.45, 7) is 12.7. The summed E-state index contributed by atoms with van der Waals surface area (Å²) >= 11 is 0. The summed E-state index contributed by atoms with van der Waals surface area (Å²) in [5, 5.41) is 31.1. The van der Waals surface area contributed by atoms with E-state index in [1.165, 1.54) is 17.0 Å². The van der Waals surface area contributed by atoms with Crippen molar-refractivity contribution in [3.8, 4) is 11.5 Å². The molecule has 8 heteroatoms. The zero-order valence-corrected chi connectivity index (χ0v) is 20.2. The Balaban J connectivity index is 2.08. The number of nitrogens with zero attached hydrogens (tertiary/aromatic N) is 2. The van der Waals surface area contributed by atoms with E-state index in [-0.39, 0.29) is 42.0 Å². The van der Waals surface area contributed by atoms with E-state index < -0.39 is 11.0 Å². The molecular formula is C25H34N2O6. The van der Waals surface area contributed by atoms with Gasteiger partial charge in [-0.2, -0.15) is 0 Å². The van der Waals surface area contributed by atoms with Crippen LogP contribution in [0.3, 0.4) is 0 Å². The van der Waals surface area contributed by atoms with Crippen LogP contribution >= 0.6 is 0 Å². The highest BCUT2D eigenvalue weighted by molar-refractivity contribution is 5.65. The van der Waals surface area contributed by atoms with Crippen LogP contribution in [-0.4, -0.2) is 45.8 Å². The maximum Gasteiger partial charge on any atom is 0.407 e. The van der Waals surface area contributed by atoms with Crippen molar-refractivity contribution < 1.29 is 24.7 Å². The second kappa shape index (κ2) is 10.1. The Morgan fingerprint density at radius 3 is 1.94 bits per heavy atom. The third-order valence-corrected chi connectivity index (χ3v) is 5.42. The number of aromatic hydroxyl groups is 1. The molecule has 0 aromatic heterocycles. The third kappa shape index (κ3) is 7.10. The lowest BCUT2D eigenvalue weighted by Gasteiger charge is -2.28. The molecule has 2 N–H and O–H groups in total. The summed E-state index contributed by atoms with van der Waals surface area (Å²) in [7, 11) is 0. The lowest BCUT2D eigenvalue weighted by Crippen LogP contribution is -2.35. The topological polar surface area (TPSA) is 113 Å². The number of hydrogen-bond acceptors (Lipinski definition) is 5. The maximum atomic E-state index is 11.7. The van der Waals surface area contributed by atoms with Gasteiger partial charge in [-0.15, -0.1) is 0 Å². The quantitative estimate of drug-likeness (QED) is 0.399. The van der Waals surface area contributed by atoms with Gasteiger partial charge >= 0.3 is 6.09 Å². The maximum absolute atomic E-state index is 11.7. The van der Waals surface area contributed by atoms with Gasteiger partial charge in [0.2, 0.25) is 0 Å². The minimum Gasteiger partial charge on any atom is -0.507 e. The van der Waals surface area contributed by atoms with E-state index in [1.54, 1.807) is 12.1 Å². The smallest absolute Gasteiger partial charge is 0.407 e. The van der Waals surface area contributed by atoms with Gasteiger partial charge in [0.1, 0.15) is 18.1 Å². The Labute approximate surface area is 195 Å². The van der Waals surface area contributed by atoms with Gasteiger partial charge in [0.05, 0.1) is 11.5 Å². The van der Waals surface area contributed by atoms with Crippen LogP contribution in [0, 0.1) is 10.1 Å². The minimum atomic E-state index is -1.06. The SMILES string of the molecule is CC(C)(C)c1cc(OCCN(CCc2ccc([N+](=O)[O-])cc2)C(=O)O)cc(C(C)(C)C)c1O. The van der Waals surface area contributed by atoms with E-state index in [0.717, 1.165) is 16.7 Å². The fraction of sp³-hybridized carbons (Fsp3) is 0.480. The molecule has 2 aromatic rings. The first kappa shape index (κ1) is 26.0. The van der Waals surface area contributed by atoms with Crippen molar-refractivity contribution in [3.05, 3.63) is 63.2 Å². The first-order chi connectivity index (χ1) is 15.2. The number of carboxylic acid groups (broad SMARTS) is 1. The molecule has 0 saturated heterocycles. The van der Waals surface area contributed by atoms with Crippen LogP contribution in [0.2, 0.25) is 0 Å². The van der Waals surface area contributed by atoms with Gasteiger partial charge < -0.3 is 19.8 Å². The summed E-state index contributed by atoms with van der Waals surface area (Å²) in [6, 6.07) is 9.71. The number of phenols is 1. The number of amides is 1. The highest BCUT2D eigenvalue weighted by atomic mass is 16.6.